The van der Waals surface area contributed by atoms with Crippen LogP contribution in [0.15, 0.2) is 23.0 Å². The van der Waals surface area contributed by atoms with Gasteiger partial charge in [0.2, 0.25) is 0 Å². The van der Waals surface area contributed by atoms with Crippen molar-refractivity contribution in [1.29, 1.82) is 5.41 Å². The number of H-pyrrole nitrogens is 1. The lowest BCUT2D eigenvalue weighted by Gasteiger charge is -2.41. The molecule has 2 aromatic heterocycles. The fraction of sp³-hybridized carbons (Fsp3) is 0.517. The Hall–Kier alpha value is -3.26. The van der Waals surface area contributed by atoms with Crippen molar-refractivity contribution in [2.75, 3.05) is 5.32 Å². The van der Waals surface area contributed by atoms with Crippen molar-refractivity contribution in [1.82, 2.24) is 20.6 Å². The maximum Gasteiger partial charge on any atom is 0.253 e. The Labute approximate surface area is 220 Å². The minimum atomic E-state index is -0.337. The van der Waals surface area contributed by atoms with Crippen molar-refractivity contribution in [2.45, 2.75) is 98.8 Å². The van der Waals surface area contributed by atoms with Crippen LogP contribution in [0.2, 0.25) is 0 Å². The second kappa shape index (κ2) is 10.6. The van der Waals surface area contributed by atoms with Gasteiger partial charge in [-0.15, -0.1) is 0 Å². The van der Waals surface area contributed by atoms with E-state index in [0.29, 0.717) is 40.3 Å². The van der Waals surface area contributed by atoms with Gasteiger partial charge in [-0.3, -0.25) is 9.59 Å². The number of carbonyl (C=O) groups is 1. The first-order chi connectivity index (χ1) is 17.1. The molecule has 0 aromatic carbocycles. The minimum Gasteiger partial charge on any atom is -0.367 e. The first kappa shape index (κ1) is 28.3. The van der Waals surface area contributed by atoms with Crippen molar-refractivity contribution >= 4 is 23.0 Å². The third-order valence-electron chi connectivity index (χ3n) is 6.42. The summed E-state index contributed by atoms with van der Waals surface area (Å²) >= 11 is 0. The largest absolute Gasteiger partial charge is 0.367 e. The SMILES string of the molecule is CCC(=N)c1c(C(=O)NCc2c(C)cc(C)[nH]c2=O)cc(C2=CC(C)(C)NC(C)(C)C2)nc1NC(C)C. The normalized spacial score (nSPS) is 16.3. The predicted molar refractivity (Wildman–Crippen MR) is 152 cm³/mol. The van der Waals surface area contributed by atoms with Crippen molar-refractivity contribution in [3.05, 3.63) is 62.2 Å². The highest BCUT2D eigenvalue weighted by molar-refractivity contribution is 6.12. The van der Waals surface area contributed by atoms with E-state index in [2.05, 4.69) is 54.7 Å². The summed E-state index contributed by atoms with van der Waals surface area (Å²) < 4.78 is 0. The summed E-state index contributed by atoms with van der Waals surface area (Å²) in [5.41, 5.74) is 4.50. The molecular formula is C29H42N6O2. The van der Waals surface area contributed by atoms with Crippen LogP contribution in [-0.2, 0) is 6.54 Å². The summed E-state index contributed by atoms with van der Waals surface area (Å²) in [4.78, 5) is 33.9. The number of nitrogens with one attached hydrogen (secondary N) is 5. The molecule has 0 unspecified atom stereocenters. The van der Waals surface area contributed by atoms with Gasteiger partial charge in [-0.1, -0.05) is 13.0 Å². The Morgan fingerprint density at radius 2 is 1.86 bits per heavy atom. The number of amides is 1. The number of carbonyl (C=O) groups excluding carboxylic acids is 1. The zero-order valence-electron chi connectivity index (χ0n) is 23.7. The number of aryl methyl sites for hydroxylation is 2. The van der Waals surface area contributed by atoms with Crippen LogP contribution in [0, 0.1) is 19.3 Å². The average Bonchev–Trinajstić information content (AvgIpc) is 2.74. The van der Waals surface area contributed by atoms with Crippen molar-refractivity contribution in [3.8, 4) is 0 Å². The molecule has 1 aliphatic rings. The molecule has 0 radical (unpaired) electrons. The Morgan fingerprint density at radius 3 is 2.43 bits per heavy atom. The van der Waals surface area contributed by atoms with Crippen molar-refractivity contribution in [3.63, 3.8) is 0 Å². The van der Waals surface area contributed by atoms with Gasteiger partial charge in [0.1, 0.15) is 5.82 Å². The lowest BCUT2D eigenvalue weighted by molar-refractivity contribution is 0.0950. The number of rotatable bonds is 8. The second-order valence-electron chi connectivity index (χ2n) is 11.6. The molecule has 3 rings (SSSR count). The topological polar surface area (TPSA) is 123 Å². The number of hydrogen-bond donors (Lipinski definition) is 5. The number of aromatic amines is 1. The summed E-state index contributed by atoms with van der Waals surface area (Å²) in [5, 5.41) is 18.6. The molecule has 1 aliphatic heterocycles. The molecule has 0 atom stereocenters. The van der Waals surface area contributed by atoms with E-state index < -0.39 is 0 Å². The summed E-state index contributed by atoms with van der Waals surface area (Å²) in [6, 6.07) is 3.75. The van der Waals surface area contributed by atoms with E-state index in [9.17, 15) is 9.59 Å². The molecular weight excluding hydrogens is 464 g/mol. The van der Waals surface area contributed by atoms with Crippen LogP contribution < -0.4 is 21.5 Å². The van der Waals surface area contributed by atoms with Gasteiger partial charge >= 0.3 is 0 Å². The third-order valence-corrected chi connectivity index (χ3v) is 6.42. The lowest BCUT2D eigenvalue weighted by atomic mass is 9.82. The zero-order chi connectivity index (χ0) is 27.7. The predicted octanol–water partition coefficient (Wildman–Crippen LogP) is 4.85. The Balaban J connectivity index is 2.13. The van der Waals surface area contributed by atoms with Crippen LogP contribution in [0.1, 0.15) is 99.7 Å². The number of pyridine rings is 2. The molecule has 3 heterocycles. The van der Waals surface area contributed by atoms with Crippen LogP contribution in [-0.4, -0.2) is 38.7 Å². The van der Waals surface area contributed by atoms with Crippen LogP contribution in [0.25, 0.3) is 5.57 Å². The van der Waals surface area contributed by atoms with Gasteiger partial charge in [-0.05, 0) is 91.5 Å². The fourth-order valence-electron chi connectivity index (χ4n) is 5.19. The van der Waals surface area contributed by atoms with Gasteiger partial charge in [0, 0.05) is 40.6 Å². The van der Waals surface area contributed by atoms with E-state index in [1.165, 1.54) is 0 Å². The standard InChI is InChI=1S/C29H42N6O2/c1-10-22(30)24-20(26(36)31-15-21-17(4)11-18(5)33-27(21)37)12-23(34-25(24)32-16(2)3)19-13-28(6,7)35-29(8,9)14-19/h11-13,16,30,35H,10,14-15H2,1-9H3,(H,31,36)(H,32,34)(H,33,37). The van der Waals surface area contributed by atoms with E-state index in [-0.39, 0.29) is 35.1 Å². The van der Waals surface area contributed by atoms with Gasteiger partial charge in [0.25, 0.3) is 11.5 Å². The molecule has 0 fully saturated rings. The minimum absolute atomic E-state index is 0.0609. The Bertz CT molecular complexity index is 1300. The van der Waals surface area contributed by atoms with Crippen molar-refractivity contribution < 1.29 is 4.79 Å². The molecule has 37 heavy (non-hydrogen) atoms. The molecule has 0 bridgehead atoms. The molecule has 0 saturated carbocycles. The molecule has 0 aliphatic carbocycles. The van der Waals surface area contributed by atoms with Crippen LogP contribution in [0.4, 0.5) is 5.82 Å². The number of aromatic nitrogens is 2. The van der Waals surface area contributed by atoms with Crippen LogP contribution >= 0.6 is 0 Å². The Morgan fingerprint density at radius 1 is 1.19 bits per heavy atom. The van der Waals surface area contributed by atoms with Crippen LogP contribution in [0.3, 0.4) is 0 Å². The number of anilines is 1. The fourth-order valence-corrected chi connectivity index (χ4v) is 5.19. The molecule has 5 N–H and O–H groups in total. The van der Waals surface area contributed by atoms with Gasteiger partial charge in [-0.25, -0.2) is 4.98 Å². The molecule has 8 heteroatoms. The first-order valence-corrected chi connectivity index (χ1v) is 13.0. The van der Waals surface area contributed by atoms with E-state index in [4.69, 9.17) is 10.4 Å². The van der Waals surface area contributed by atoms with Crippen molar-refractivity contribution in [2.24, 2.45) is 0 Å². The maximum absolute atomic E-state index is 13.7. The smallest absolute Gasteiger partial charge is 0.253 e. The molecule has 1 amide bonds. The van der Waals surface area contributed by atoms with E-state index in [1.54, 1.807) is 6.07 Å². The summed E-state index contributed by atoms with van der Waals surface area (Å²) in [7, 11) is 0. The van der Waals surface area contributed by atoms with E-state index in [0.717, 1.165) is 23.3 Å². The summed E-state index contributed by atoms with van der Waals surface area (Å²) in [6.07, 6.45) is 3.37. The van der Waals surface area contributed by atoms with Gasteiger partial charge < -0.3 is 26.3 Å². The van der Waals surface area contributed by atoms with Gasteiger partial charge in [0.15, 0.2) is 0 Å². The lowest BCUT2D eigenvalue weighted by Crippen LogP contribution is -2.53. The molecule has 0 saturated heterocycles. The highest BCUT2D eigenvalue weighted by Crippen LogP contribution is 2.35. The van der Waals surface area contributed by atoms with Gasteiger partial charge in [-0.2, -0.15) is 0 Å². The third kappa shape index (κ3) is 6.74. The van der Waals surface area contributed by atoms with Crippen LogP contribution in [0.5, 0.6) is 0 Å². The quantitative estimate of drug-likeness (QED) is 0.328. The molecule has 200 valence electrons. The second-order valence-corrected chi connectivity index (χ2v) is 11.6. The zero-order valence-corrected chi connectivity index (χ0v) is 23.7. The van der Waals surface area contributed by atoms with Gasteiger partial charge in [0.05, 0.1) is 16.8 Å². The van der Waals surface area contributed by atoms with E-state index in [1.807, 2.05) is 40.7 Å². The highest BCUT2D eigenvalue weighted by Gasteiger charge is 2.34. The summed E-state index contributed by atoms with van der Waals surface area (Å²) in [6.45, 7) is 18.3. The molecule has 2 aromatic rings. The maximum atomic E-state index is 13.7. The monoisotopic (exact) mass is 506 g/mol. The number of hydrogen-bond acceptors (Lipinski definition) is 6. The Kier molecular flexibility index (Phi) is 8.12. The highest BCUT2D eigenvalue weighted by atomic mass is 16.1. The number of nitrogens with zero attached hydrogens (tertiary/aromatic N) is 1. The van der Waals surface area contributed by atoms with E-state index >= 15 is 0 Å². The summed E-state index contributed by atoms with van der Waals surface area (Å²) in [5.74, 6) is 0.194. The molecule has 0 spiro atoms. The average molecular weight is 507 g/mol. The first-order valence-electron chi connectivity index (χ1n) is 13.0. The molecule has 8 nitrogen and oxygen atoms in total.